The van der Waals surface area contributed by atoms with Gasteiger partial charge in [-0.15, -0.1) is 0 Å². The predicted molar refractivity (Wildman–Crippen MR) is 91.5 cm³/mol. The molecule has 23 heavy (non-hydrogen) atoms. The molecule has 1 aromatic rings. The molecule has 3 aliphatic rings. The van der Waals surface area contributed by atoms with Crippen molar-refractivity contribution in [3.05, 3.63) is 41.7 Å². The van der Waals surface area contributed by atoms with Crippen LogP contribution in [0.25, 0.3) is 0 Å². The summed E-state index contributed by atoms with van der Waals surface area (Å²) in [5, 5.41) is 11.1. The lowest BCUT2D eigenvalue weighted by atomic mass is 10.0. The van der Waals surface area contributed by atoms with Gasteiger partial charge in [-0.3, -0.25) is 4.79 Å². The lowest BCUT2D eigenvalue weighted by Gasteiger charge is -2.36. The number of rotatable bonds is 1. The van der Waals surface area contributed by atoms with E-state index in [0.717, 1.165) is 25.7 Å². The number of aliphatic imine (C=N–C) groups is 1. The zero-order valence-electron chi connectivity index (χ0n) is 12.7. The molecule has 1 aliphatic heterocycles. The normalized spacial score (nSPS) is 27.0. The SMILES string of the molecule is O=C1C=CC2=Nc3ccc(O)cc3P(=O)(C3CCCCC3)C2=C1. The van der Waals surface area contributed by atoms with Gasteiger partial charge in [-0.25, -0.2) is 4.99 Å². The molecular weight excluding hydrogens is 309 g/mol. The minimum atomic E-state index is -2.98. The molecule has 5 heteroatoms. The Balaban J connectivity index is 1.97. The minimum Gasteiger partial charge on any atom is -0.508 e. The number of benzene rings is 1. The maximum absolute atomic E-state index is 14.2. The molecule has 0 saturated heterocycles. The van der Waals surface area contributed by atoms with Crippen LogP contribution in [0.3, 0.4) is 0 Å². The molecule has 0 spiro atoms. The summed E-state index contributed by atoms with van der Waals surface area (Å²) >= 11 is 0. The molecule has 1 aromatic carbocycles. The summed E-state index contributed by atoms with van der Waals surface area (Å²) in [6, 6.07) is 4.86. The molecule has 1 atom stereocenters. The number of ketones is 1. The van der Waals surface area contributed by atoms with Gasteiger partial charge in [-0.2, -0.15) is 0 Å². The number of phenols is 1. The number of carbonyl (C=O) groups is 1. The van der Waals surface area contributed by atoms with Gasteiger partial charge in [0.15, 0.2) is 12.9 Å². The zero-order chi connectivity index (χ0) is 16.0. The van der Waals surface area contributed by atoms with E-state index < -0.39 is 7.14 Å². The number of nitrogens with zero attached hydrogens (tertiary/aromatic N) is 1. The Labute approximate surface area is 135 Å². The highest BCUT2D eigenvalue weighted by molar-refractivity contribution is 7.78. The molecule has 1 N–H and O–H groups in total. The van der Waals surface area contributed by atoms with Crippen LogP contribution >= 0.6 is 7.14 Å². The zero-order valence-corrected chi connectivity index (χ0v) is 13.6. The molecule has 2 aliphatic carbocycles. The molecule has 0 aromatic heterocycles. The number of hydrogen-bond donors (Lipinski definition) is 1. The van der Waals surface area contributed by atoms with E-state index in [-0.39, 0.29) is 17.2 Å². The van der Waals surface area contributed by atoms with Crippen molar-refractivity contribution < 1.29 is 14.5 Å². The number of allylic oxidation sites excluding steroid dienone is 4. The van der Waals surface area contributed by atoms with Crippen LogP contribution in [0, 0.1) is 0 Å². The van der Waals surface area contributed by atoms with E-state index in [9.17, 15) is 14.5 Å². The van der Waals surface area contributed by atoms with Crippen molar-refractivity contribution in [3.63, 3.8) is 0 Å². The maximum Gasteiger partial charge on any atom is 0.179 e. The first-order valence-corrected chi connectivity index (χ1v) is 9.83. The van der Waals surface area contributed by atoms with Gasteiger partial charge in [0.25, 0.3) is 0 Å². The summed E-state index contributed by atoms with van der Waals surface area (Å²) in [6.45, 7) is 0. The van der Waals surface area contributed by atoms with Crippen LogP contribution in [-0.2, 0) is 9.36 Å². The third kappa shape index (κ3) is 2.24. The molecule has 0 amide bonds. The van der Waals surface area contributed by atoms with E-state index in [4.69, 9.17) is 0 Å². The Morgan fingerprint density at radius 3 is 2.70 bits per heavy atom. The van der Waals surface area contributed by atoms with Crippen LogP contribution in [0.4, 0.5) is 5.69 Å². The highest BCUT2D eigenvalue weighted by Crippen LogP contribution is 2.64. The highest BCUT2D eigenvalue weighted by Gasteiger charge is 2.45. The highest BCUT2D eigenvalue weighted by atomic mass is 31.2. The monoisotopic (exact) mass is 327 g/mol. The first-order valence-electron chi connectivity index (χ1n) is 8.06. The van der Waals surface area contributed by atoms with E-state index in [2.05, 4.69) is 4.99 Å². The third-order valence-corrected chi connectivity index (χ3v) is 8.64. The molecular formula is C18H18NO3P. The second-order valence-corrected chi connectivity index (χ2v) is 9.40. The number of hydrogen-bond acceptors (Lipinski definition) is 4. The summed E-state index contributed by atoms with van der Waals surface area (Å²) in [5.74, 6) is -0.0460. The van der Waals surface area contributed by atoms with E-state index in [1.165, 1.54) is 18.6 Å². The summed E-state index contributed by atoms with van der Waals surface area (Å²) < 4.78 is 14.2. The lowest BCUT2D eigenvalue weighted by molar-refractivity contribution is -0.110. The Hall–Kier alpha value is -1.93. The number of aromatic hydroxyl groups is 1. The first kappa shape index (κ1) is 14.6. The Bertz CT molecular complexity index is 829. The third-order valence-electron chi connectivity index (χ3n) is 4.95. The van der Waals surface area contributed by atoms with Crippen molar-refractivity contribution >= 4 is 29.6 Å². The average Bonchev–Trinajstić information content (AvgIpc) is 2.57. The van der Waals surface area contributed by atoms with Crippen molar-refractivity contribution in [2.24, 2.45) is 4.99 Å². The molecule has 0 bridgehead atoms. The molecule has 1 heterocycles. The fourth-order valence-electron chi connectivity index (χ4n) is 3.83. The Morgan fingerprint density at radius 1 is 1.13 bits per heavy atom. The summed E-state index contributed by atoms with van der Waals surface area (Å²) in [6.07, 6.45) is 9.72. The average molecular weight is 327 g/mol. The molecule has 4 rings (SSSR count). The molecule has 4 nitrogen and oxygen atoms in total. The van der Waals surface area contributed by atoms with Crippen molar-refractivity contribution in [2.75, 3.05) is 0 Å². The molecule has 0 radical (unpaired) electrons. The fourth-order valence-corrected chi connectivity index (χ4v) is 7.55. The molecule has 1 unspecified atom stereocenters. The van der Waals surface area contributed by atoms with Crippen LogP contribution in [0.1, 0.15) is 32.1 Å². The van der Waals surface area contributed by atoms with Crippen molar-refractivity contribution in [1.82, 2.24) is 0 Å². The lowest BCUT2D eigenvalue weighted by Crippen LogP contribution is -2.28. The number of phenolic OH excluding ortho intramolecular Hbond substituents is 1. The van der Waals surface area contributed by atoms with Gasteiger partial charge >= 0.3 is 0 Å². The van der Waals surface area contributed by atoms with E-state index >= 15 is 0 Å². The van der Waals surface area contributed by atoms with Gasteiger partial charge in [-0.05, 0) is 49.3 Å². The van der Waals surface area contributed by atoms with Gasteiger partial charge in [-0.1, -0.05) is 19.3 Å². The standard InChI is InChI=1S/C18H18NO3P/c20-12-6-8-15-17(10-12)23(22,14-4-2-1-3-5-14)18-11-13(21)7-9-16(18)19-15/h6-11,14,20H,1-5H2. The summed E-state index contributed by atoms with van der Waals surface area (Å²) in [5.41, 5.74) is 1.33. The first-order chi connectivity index (χ1) is 11.1. The van der Waals surface area contributed by atoms with E-state index in [1.807, 2.05) is 0 Å². The number of carbonyl (C=O) groups excluding carboxylic acids is 1. The molecule has 1 fully saturated rings. The fraction of sp³-hybridized carbons (Fsp3) is 0.333. The van der Waals surface area contributed by atoms with Crippen molar-refractivity contribution in [2.45, 2.75) is 37.8 Å². The smallest absolute Gasteiger partial charge is 0.179 e. The van der Waals surface area contributed by atoms with Gasteiger partial charge in [0, 0.05) is 16.3 Å². The summed E-state index contributed by atoms with van der Waals surface area (Å²) in [7, 11) is -2.98. The Morgan fingerprint density at radius 2 is 1.91 bits per heavy atom. The Kier molecular flexibility index (Phi) is 3.38. The van der Waals surface area contributed by atoms with Crippen LogP contribution in [-0.4, -0.2) is 22.3 Å². The van der Waals surface area contributed by atoms with Gasteiger partial charge in [0.1, 0.15) is 5.75 Å². The molecule has 118 valence electrons. The van der Waals surface area contributed by atoms with E-state index in [0.29, 0.717) is 22.0 Å². The largest absolute Gasteiger partial charge is 0.508 e. The van der Waals surface area contributed by atoms with E-state index in [1.54, 1.807) is 24.3 Å². The van der Waals surface area contributed by atoms with Gasteiger partial charge < -0.3 is 9.67 Å². The quantitative estimate of drug-likeness (QED) is 0.630. The van der Waals surface area contributed by atoms with Gasteiger partial charge in [0.05, 0.1) is 11.4 Å². The number of fused-ring (bicyclic) bond motifs is 2. The second-order valence-electron chi connectivity index (χ2n) is 6.39. The van der Waals surface area contributed by atoms with Crippen molar-refractivity contribution in [3.8, 4) is 5.75 Å². The van der Waals surface area contributed by atoms with Crippen molar-refractivity contribution in [1.29, 1.82) is 0 Å². The summed E-state index contributed by atoms with van der Waals surface area (Å²) in [4.78, 5) is 16.4. The van der Waals surface area contributed by atoms with Gasteiger partial charge in [0.2, 0.25) is 0 Å². The van der Waals surface area contributed by atoms with Crippen LogP contribution in [0.15, 0.2) is 46.7 Å². The second kappa shape index (κ2) is 5.31. The molecule has 1 saturated carbocycles. The van der Waals surface area contributed by atoms with Crippen LogP contribution < -0.4 is 5.30 Å². The van der Waals surface area contributed by atoms with Crippen LogP contribution in [0.5, 0.6) is 5.75 Å². The predicted octanol–water partition coefficient (Wildman–Crippen LogP) is 3.82. The minimum absolute atomic E-state index is 0.0350. The topological polar surface area (TPSA) is 66.7 Å². The maximum atomic E-state index is 14.2. The van der Waals surface area contributed by atoms with Crippen LogP contribution in [0.2, 0.25) is 0 Å².